The summed E-state index contributed by atoms with van der Waals surface area (Å²) in [6.45, 7) is 12.6. The molecule has 2 heterocycles. The van der Waals surface area contributed by atoms with E-state index in [0.29, 0.717) is 18.1 Å². The van der Waals surface area contributed by atoms with E-state index in [-0.39, 0.29) is 12.1 Å². The lowest BCUT2D eigenvalue weighted by Crippen LogP contribution is -2.49. The fraction of sp³-hybridized carbons (Fsp3) is 0.517. The molecular formula is C29H39N3O4. The Hall–Kier alpha value is -3.06. The highest BCUT2D eigenvalue weighted by atomic mass is 16.6. The quantitative estimate of drug-likeness (QED) is 0.538. The fourth-order valence-corrected chi connectivity index (χ4v) is 4.81. The summed E-state index contributed by atoms with van der Waals surface area (Å²) in [4.78, 5) is 31.4. The molecule has 0 radical (unpaired) electrons. The highest BCUT2D eigenvalue weighted by Gasteiger charge is 2.27. The van der Waals surface area contributed by atoms with Crippen LogP contribution in [0.1, 0.15) is 49.5 Å². The number of anilines is 1. The minimum absolute atomic E-state index is 0.205. The minimum Gasteiger partial charge on any atom is -0.456 e. The van der Waals surface area contributed by atoms with Gasteiger partial charge in [0.25, 0.3) is 0 Å². The lowest BCUT2D eigenvalue weighted by Gasteiger charge is -2.39. The van der Waals surface area contributed by atoms with E-state index < -0.39 is 5.60 Å². The molecule has 7 heteroatoms. The Morgan fingerprint density at radius 1 is 0.861 bits per heavy atom. The van der Waals surface area contributed by atoms with Crippen LogP contribution >= 0.6 is 0 Å². The van der Waals surface area contributed by atoms with Gasteiger partial charge >= 0.3 is 12.1 Å². The molecule has 2 saturated heterocycles. The predicted molar refractivity (Wildman–Crippen MR) is 141 cm³/mol. The van der Waals surface area contributed by atoms with Crippen molar-refractivity contribution < 1.29 is 19.1 Å². The Kier molecular flexibility index (Phi) is 8.52. The molecule has 0 bridgehead atoms. The van der Waals surface area contributed by atoms with Crippen LogP contribution in [0, 0.1) is 5.92 Å². The van der Waals surface area contributed by atoms with Crippen LogP contribution in [0.15, 0.2) is 54.6 Å². The maximum atomic E-state index is 12.4. The largest absolute Gasteiger partial charge is 0.456 e. The highest BCUT2D eigenvalue weighted by Crippen LogP contribution is 2.23. The van der Waals surface area contributed by atoms with E-state index in [4.69, 9.17) is 9.47 Å². The maximum Gasteiger partial charge on any atom is 0.410 e. The van der Waals surface area contributed by atoms with Crippen LogP contribution in [-0.2, 0) is 16.1 Å². The Bertz CT molecular complexity index is 987. The van der Waals surface area contributed by atoms with Crippen LogP contribution in [0.5, 0.6) is 0 Å². The second-order valence-corrected chi connectivity index (χ2v) is 10.8. The smallest absolute Gasteiger partial charge is 0.410 e. The molecule has 0 unspecified atom stereocenters. The third-order valence-electron chi connectivity index (χ3n) is 6.83. The van der Waals surface area contributed by atoms with E-state index in [0.717, 1.165) is 69.9 Å². The summed E-state index contributed by atoms with van der Waals surface area (Å²) in [5, 5.41) is 0. The Morgan fingerprint density at radius 3 is 2.11 bits per heavy atom. The molecule has 2 aromatic carbocycles. The number of ether oxygens (including phenoxy) is 2. The number of hydrogen-bond donors (Lipinski definition) is 0. The number of benzene rings is 2. The first kappa shape index (κ1) is 26.0. The topological polar surface area (TPSA) is 62.3 Å². The molecule has 36 heavy (non-hydrogen) atoms. The van der Waals surface area contributed by atoms with Crippen molar-refractivity contribution in [2.75, 3.05) is 50.7 Å². The molecule has 0 saturated carbocycles. The van der Waals surface area contributed by atoms with Crippen molar-refractivity contribution in [1.82, 2.24) is 9.80 Å². The van der Waals surface area contributed by atoms with Crippen molar-refractivity contribution in [3.63, 3.8) is 0 Å². The van der Waals surface area contributed by atoms with Crippen LogP contribution in [0.3, 0.4) is 0 Å². The van der Waals surface area contributed by atoms with Crippen LogP contribution in [0.2, 0.25) is 0 Å². The van der Waals surface area contributed by atoms with E-state index in [1.807, 2.05) is 80.3 Å². The number of carbonyl (C=O) groups excluding carboxylic acids is 2. The second kappa shape index (κ2) is 11.8. The third-order valence-corrected chi connectivity index (χ3v) is 6.83. The fourth-order valence-electron chi connectivity index (χ4n) is 4.81. The summed E-state index contributed by atoms with van der Waals surface area (Å²) in [5.74, 6) is 0.331. The van der Waals surface area contributed by atoms with Crippen molar-refractivity contribution in [3.8, 4) is 0 Å². The zero-order valence-corrected chi connectivity index (χ0v) is 21.8. The average molecular weight is 494 g/mol. The molecular weight excluding hydrogens is 454 g/mol. The summed E-state index contributed by atoms with van der Waals surface area (Å²) in [5.41, 5.74) is 2.25. The van der Waals surface area contributed by atoms with Crippen LogP contribution in [0.25, 0.3) is 0 Å². The highest BCUT2D eigenvalue weighted by molar-refractivity contribution is 5.90. The molecule has 2 aromatic rings. The first-order valence-electron chi connectivity index (χ1n) is 13.0. The summed E-state index contributed by atoms with van der Waals surface area (Å²) in [6.07, 6.45) is 1.84. The van der Waals surface area contributed by atoms with E-state index in [1.54, 1.807) is 0 Å². The molecule has 194 valence electrons. The molecule has 2 aliphatic rings. The van der Waals surface area contributed by atoms with Gasteiger partial charge < -0.3 is 19.3 Å². The normalized spacial score (nSPS) is 17.6. The number of amides is 1. The van der Waals surface area contributed by atoms with Gasteiger partial charge in [0.1, 0.15) is 12.2 Å². The van der Waals surface area contributed by atoms with Crippen molar-refractivity contribution in [3.05, 3.63) is 65.7 Å². The molecule has 0 atom stereocenters. The number of piperidine rings is 1. The van der Waals surface area contributed by atoms with Crippen molar-refractivity contribution >= 4 is 17.7 Å². The molecule has 1 amide bonds. The number of piperazine rings is 1. The number of esters is 1. The molecule has 0 aliphatic carbocycles. The molecule has 2 aliphatic heterocycles. The van der Waals surface area contributed by atoms with Crippen LogP contribution < -0.4 is 4.90 Å². The first-order chi connectivity index (χ1) is 17.3. The lowest BCUT2D eigenvalue weighted by molar-refractivity contribution is 0.00694. The van der Waals surface area contributed by atoms with Crippen LogP contribution in [-0.4, -0.2) is 73.3 Å². The minimum atomic E-state index is -0.492. The van der Waals surface area contributed by atoms with E-state index in [9.17, 15) is 9.59 Å². The van der Waals surface area contributed by atoms with Gasteiger partial charge in [0.2, 0.25) is 0 Å². The van der Waals surface area contributed by atoms with Crippen molar-refractivity contribution in [2.45, 2.75) is 45.8 Å². The van der Waals surface area contributed by atoms with Crippen molar-refractivity contribution in [1.29, 1.82) is 0 Å². The third kappa shape index (κ3) is 7.47. The van der Waals surface area contributed by atoms with Gasteiger partial charge in [-0.05, 0) is 69.4 Å². The molecule has 0 N–H and O–H groups in total. The van der Waals surface area contributed by atoms with Gasteiger partial charge in [-0.25, -0.2) is 9.59 Å². The SMILES string of the molecule is CC(C)(C)OC(=O)c1ccc(N2CCN(CC3CCN(C(=O)OCc4ccccc4)CC3)CC2)cc1. The van der Waals surface area contributed by atoms with E-state index >= 15 is 0 Å². The van der Waals surface area contributed by atoms with Gasteiger partial charge in [0.15, 0.2) is 0 Å². The lowest BCUT2D eigenvalue weighted by atomic mass is 9.96. The Balaban J connectivity index is 1.16. The zero-order valence-electron chi connectivity index (χ0n) is 21.8. The number of hydrogen-bond acceptors (Lipinski definition) is 6. The van der Waals surface area contributed by atoms with Gasteiger partial charge in [0, 0.05) is 51.5 Å². The average Bonchev–Trinajstić information content (AvgIpc) is 2.88. The molecule has 0 spiro atoms. The molecule has 0 aromatic heterocycles. The summed E-state index contributed by atoms with van der Waals surface area (Å²) in [7, 11) is 0. The first-order valence-corrected chi connectivity index (χ1v) is 13.0. The Morgan fingerprint density at radius 2 is 1.50 bits per heavy atom. The number of carbonyl (C=O) groups is 2. The zero-order chi connectivity index (χ0) is 25.5. The monoisotopic (exact) mass is 493 g/mol. The van der Waals surface area contributed by atoms with Crippen LogP contribution in [0.4, 0.5) is 10.5 Å². The van der Waals surface area contributed by atoms with Gasteiger partial charge in [-0.2, -0.15) is 0 Å². The number of rotatable bonds is 6. The summed E-state index contributed by atoms with van der Waals surface area (Å²) < 4.78 is 11.0. The van der Waals surface area contributed by atoms with Crippen molar-refractivity contribution in [2.24, 2.45) is 5.92 Å². The molecule has 7 nitrogen and oxygen atoms in total. The molecule has 4 rings (SSSR count). The van der Waals surface area contributed by atoms with E-state index in [1.165, 1.54) is 0 Å². The van der Waals surface area contributed by atoms with Gasteiger partial charge in [-0.15, -0.1) is 0 Å². The summed E-state index contributed by atoms with van der Waals surface area (Å²) in [6, 6.07) is 17.6. The van der Waals surface area contributed by atoms with Gasteiger partial charge in [-0.3, -0.25) is 4.90 Å². The van der Waals surface area contributed by atoms with Gasteiger partial charge in [-0.1, -0.05) is 30.3 Å². The number of nitrogens with zero attached hydrogens (tertiary/aromatic N) is 3. The predicted octanol–water partition coefficient (Wildman–Crippen LogP) is 4.81. The standard InChI is InChI=1S/C29H39N3O4/c1-29(2,3)36-27(33)25-9-11-26(12-10-25)31-19-17-30(18-20-31)21-23-13-15-32(16-14-23)28(34)35-22-24-7-5-4-6-8-24/h4-12,23H,13-22H2,1-3H3. The molecule has 2 fully saturated rings. The number of likely N-dealkylation sites (tertiary alicyclic amines) is 1. The second-order valence-electron chi connectivity index (χ2n) is 10.8. The van der Waals surface area contributed by atoms with Gasteiger partial charge in [0.05, 0.1) is 5.56 Å². The summed E-state index contributed by atoms with van der Waals surface area (Å²) >= 11 is 0. The van der Waals surface area contributed by atoms with E-state index in [2.05, 4.69) is 9.80 Å². The Labute approximate surface area is 215 Å². The maximum absolute atomic E-state index is 12.4.